The Labute approximate surface area is 180 Å². The molecule has 2 aromatic carbocycles. The third kappa shape index (κ3) is 4.53. The first-order valence-electron chi connectivity index (χ1n) is 8.11. The maximum Gasteiger partial charge on any atom is 0.282 e. The number of nitrogens with zero attached hydrogens (tertiary/aromatic N) is 2. The van der Waals surface area contributed by atoms with E-state index in [0.29, 0.717) is 15.7 Å². The van der Waals surface area contributed by atoms with Crippen LogP contribution in [-0.4, -0.2) is 28.5 Å². The zero-order valence-corrected chi connectivity index (χ0v) is 16.9. The minimum absolute atomic E-state index is 0.223. The minimum atomic E-state index is -1.50. The molecule has 0 spiro atoms. The molecule has 1 heterocycles. The lowest BCUT2D eigenvalue weighted by molar-refractivity contribution is -0.127. The number of nitrogens with two attached hydrogens (primary N) is 1. The molecule has 0 unspecified atom stereocenters. The van der Waals surface area contributed by atoms with Gasteiger partial charge in [-0.25, -0.2) is 4.90 Å². The molecule has 2 aromatic rings. The number of nitrogens with one attached hydrogen (secondary N) is 2. The molecule has 1 saturated heterocycles. The van der Waals surface area contributed by atoms with Crippen LogP contribution in [0.5, 0.6) is 0 Å². The van der Waals surface area contributed by atoms with Crippen LogP contribution in [0, 0.1) is 5.92 Å². The van der Waals surface area contributed by atoms with Gasteiger partial charge >= 0.3 is 0 Å². The summed E-state index contributed by atoms with van der Waals surface area (Å²) in [5, 5.41) is 7.04. The van der Waals surface area contributed by atoms with Gasteiger partial charge < -0.3 is 11.1 Å². The van der Waals surface area contributed by atoms with E-state index in [4.69, 9.17) is 28.9 Å². The maximum atomic E-state index is 13.0. The fourth-order valence-corrected chi connectivity index (χ4v) is 2.93. The molecule has 3 rings (SSSR count). The van der Waals surface area contributed by atoms with E-state index in [9.17, 15) is 14.4 Å². The summed E-state index contributed by atoms with van der Waals surface area (Å²) in [7, 11) is 0. The number of carbonyl (C=O) groups is 3. The number of hydrogen-bond acceptors (Lipinski definition) is 5. The lowest BCUT2D eigenvalue weighted by atomic mass is 10.0. The highest BCUT2D eigenvalue weighted by atomic mass is 35.5. The molecule has 0 saturated carbocycles. The molecular formula is C18H13Cl2N5O3S. The summed E-state index contributed by atoms with van der Waals surface area (Å²) in [6.07, 6.45) is 0. The highest BCUT2D eigenvalue weighted by molar-refractivity contribution is 7.80. The quantitative estimate of drug-likeness (QED) is 0.285. The second kappa shape index (κ2) is 8.56. The predicted molar refractivity (Wildman–Crippen MR) is 115 cm³/mol. The summed E-state index contributed by atoms with van der Waals surface area (Å²) in [5.41, 5.74) is 7.90. The molecule has 1 aliphatic rings. The normalized spacial score (nSPS) is 17.5. The summed E-state index contributed by atoms with van der Waals surface area (Å²) in [4.78, 5) is 39.5. The molecule has 3 amide bonds. The second-order valence-electron chi connectivity index (χ2n) is 5.86. The highest BCUT2D eigenvalue weighted by Crippen LogP contribution is 2.27. The van der Waals surface area contributed by atoms with Crippen molar-refractivity contribution in [2.45, 2.75) is 0 Å². The van der Waals surface area contributed by atoms with Crippen molar-refractivity contribution in [2.24, 2.45) is 16.8 Å². The minimum Gasteiger partial charge on any atom is -0.375 e. The van der Waals surface area contributed by atoms with Crippen molar-refractivity contribution in [1.82, 2.24) is 5.43 Å². The van der Waals surface area contributed by atoms with Gasteiger partial charge in [-0.15, -0.1) is 0 Å². The van der Waals surface area contributed by atoms with Gasteiger partial charge in [-0.05, 0) is 60.7 Å². The molecule has 1 atom stereocenters. The van der Waals surface area contributed by atoms with Crippen LogP contribution in [0.3, 0.4) is 0 Å². The van der Waals surface area contributed by atoms with Crippen LogP contribution in [0.1, 0.15) is 0 Å². The van der Waals surface area contributed by atoms with Crippen molar-refractivity contribution < 1.29 is 14.4 Å². The number of carbonyl (C=O) groups excluding carboxylic acids is 3. The fourth-order valence-electron chi connectivity index (χ4n) is 2.63. The summed E-state index contributed by atoms with van der Waals surface area (Å²) in [6, 6.07) is 12.3. The van der Waals surface area contributed by atoms with Gasteiger partial charge in [0.25, 0.3) is 11.8 Å². The third-order valence-electron chi connectivity index (χ3n) is 3.91. The van der Waals surface area contributed by atoms with Crippen LogP contribution >= 0.6 is 35.4 Å². The SMILES string of the molecule is NC(=S)N/N=C1\C(=O)N(c2ccc(Cl)cc2)C(=O)[C@H]1C(=O)Nc1ccc(Cl)cc1. The number of hydrogen-bond donors (Lipinski definition) is 3. The molecule has 11 heteroatoms. The van der Waals surface area contributed by atoms with Gasteiger partial charge in [0.1, 0.15) is 5.71 Å². The Morgan fingerprint density at radius 2 is 1.59 bits per heavy atom. The Kier molecular flexibility index (Phi) is 6.12. The van der Waals surface area contributed by atoms with Gasteiger partial charge in [0.2, 0.25) is 5.91 Å². The van der Waals surface area contributed by atoms with Crippen LogP contribution < -0.4 is 21.4 Å². The number of hydrazone groups is 1. The lowest BCUT2D eigenvalue weighted by Gasteiger charge is -2.14. The van der Waals surface area contributed by atoms with E-state index in [1.165, 1.54) is 24.3 Å². The number of amides is 3. The van der Waals surface area contributed by atoms with Crippen molar-refractivity contribution in [3.63, 3.8) is 0 Å². The zero-order chi connectivity index (χ0) is 21.1. The molecule has 0 aliphatic carbocycles. The van der Waals surface area contributed by atoms with Crippen LogP contribution in [0.15, 0.2) is 53.6 Å². The molecule has 0 bridgehead atoms. The first kappa shape index (κ1) is 20.7. The van der Waals surface area contributed by atoms with E-state index in [-0.39, 0.29) is 16.5 Å². The van der Waals surface area contributed by atoms with E-state index >= 15 is 0 Å². The average Bonchev–Trinajstić information content (AvgIpc) is 2.92. The van der Waals surface area contributed by atoms with Crippen molar-refractivity contribution >= 4 is 75.3 Å². The standard InChI is InChI=1S/C18H13Cl2N5O3S/c19-9-1-5-11(6-2-9)22-15(26)13-14(23-24-18(21)29)17(28)25(16(13)27)12-7-3-10(20)4-8-12/h1-8,13H,(H,22,26)(H3,21,24,29)/b23-14-/t13-/m1/s1. The monoisotopic (exact) mass is 449 g/mol. The Balaban J connectivity index is 1.95. The van der Waals surface area contributed by atoms with Crippen LogP contribution in [-0.2, 0) is 14.4 Å². The maximum absolute atomic E-state index is 13.0. The number of imide groups is 1. The van der Waals surface area contributed by atoms with E-state index in [2.05, 4.69) is 28.1 Å². The predicted octanol–water partition coefficient (Wildman–Crippen LogP) is 2.31. The second-order valence-corrected chi connectivity index (χ2v) is 7.17. The van der Waals surface area contributed by atoms with Crippen molar-refractivity contribution in [3.05, 3.63) is 58.6 Å². The number of thiocarbonyl (C=S) groups is 1. The number of anilines is 2. The van der Waals surface area contributed by atoms with E-state index in [0.717, 1.165) is 4.90 Å². The van der Waals surface area contributed by atoms with Crippen LogP contribution in [0.4, 0.5) is 11.4 Å². The van der Waals surface area contributed by atoms with Crippen LogP contribution in [0.25, 0.3) is 0 Å². The Morgan fingerprint density at radius 1 is 1.03 bits per heavy atom. The average molecular weight is 450 g/mol. The summed E-state index contributed by atoms with van der Waals surface area (Å²) < 4.78 is 0. The van der Waals surface area contributed by atoms with Crippen molar-refractivity contribution in [2.75, 3.05) is 10.2 Å². The number of benzene rings is 2. The van der Waals surface area contributed by atoms with Crippen molar-refractivity contribution in [1.29, 1.82) is 0 Å². The summed E-state index contributed by atoms with van der Waals surface area (Å²) >= 11 is 16.4. The third-order valence-corrected chi connectivity index (χ3v) is 4.50. The molecule has 0 radical (unpaired) electrons. The van der Waals surface area contributed by atoms with Crippen LogP contribution in [0.2, 0.25) is 10.0 Å². The zero-order valence-electron chi connectivity index (χ0n) is 14.6. The van der Waals surface area contributed by atoms with E-state index < -0.39 is 23.6 Å². The number of halogens is 2. The molecule has 1 fully saturated rings. The topological polar surface area (TPSA) is 117 Å². The largest absolute Gasteiger partial charge is 0.375 e. The van der Waals surface area contributed by atoms with Gasteiger partial charge in [-0.2, -0.15) is 5.10 Å². The Morgan fingerprint density at radius 3 is 2.14 bits per heavy atom. The van der Waals surface area contributed by atoms with Gasteiger partial charge in [0.15, 0.2) is 11.0 Å². The molecule has 1 aliphatic heterocycles. The number of rotatable bonds is 4. The van der Waals surface area contributed by atoms with Gasteiger partial charge in [0, 0.05) is 15.7 Å². The Bertz CT molecular complexity index is 1020. The first-order valence-corrected chi connectivity index (χ1v) is 9.27. The summed E-state index contributed by atoms with van der Waals surface area (Å²) in [6.45, 7) is 0. The molecule has 148 valence electrons. The smallest absolute Gasteiger partial charge is 0.282 e. The van der Waals surface area contributed by atoms with Gasteiger partial charge in [-0.1, -0.05) is 23.2 Å². The molecular weight excluding hydrogens is 437 g/mol. The van der Waals surface area contributed by atoms with E-state index in [1.54, 1.807) is 24.3 Å². The van der Waals surface area contributed by atoms with Crippen molar-refractivity contribution in [3.8, 4) is 0 Å². The van der Waals surface area contributed by atoms with Gasteiger partial charge in [0.05, 0.1) is 5.69 Å². The summed E-state index contributed by atoms with van der Waals surface area (Å²) in [5.74, 6) is -3.80. The fraction of sp³-hybridized carbons (Fsp3) is 0.0556. The molecule has 0 aromatic heterocycles. The first-order chi connectivity index (χ1) is 13.8. The molecule has 29 heavy (non-hydrogen) atoms. The Hall–Kier alpha value is -3.01. The van der Waals surface area contributed by atoms with Gasteiger partial charge in [-0.3, -0.25) is 19.8 Å². The highest BCUT2D eigenvalue weighted by Gasteiger charge is 2.50. The molecule has 4 N–H and O–H groups in total. The van der Waals surface area contributed by atoms with E-state index in [1.807, 2.05) is 0 Å². The molecule has 8 nitrogen and oxygen atoms in total. The lowest BCUT2D eigenvalue weighted by Crippen LogP contribution is -2.35.